The van der Waals surface area contributed by atoms with Gasteiger partial charge in [-0.25, -0.2) is 4.39 Å². The van der Waals surface area contributed by atoms with Crippen molar-refractivity contribution in [1.29, 1.82) is 0 Å². The highest BCUT2D eigenvalue weighted by Gasteiger charge is 2.36. The van der Waals surface area contributed by atoms with Crippen LogP contribution in [0.5, 0.6) is 0 Å². The maximum absolute atomic E-state index is 13.5. The number of halogens is 3. The highest BCUT2D eigenvalue weighted by atomic mass is 35.5. The van der Waals surface area contributed by atoms with Crippen LogP contribution in [0, 0.1) is 5.82 Å². The Hall–Kier alpha value is -2.25. The molecule has 0 spiro atoms. The van der Waals surface area contributed by atoms with Crippen LogP contribution in [-0.4, -0.2) is 67.3 Å². The van der Waals surface area contributed by atoms with Gasteiger partial charge in [0.05, 0.1) is 40.9 Å². The first-order valence-electron chi connectivity index (χ1n) is 10.6. The second kappa shape index (κ2) is 8.94. The van der Waals surface area contributed by atoms with Crippen molar-refractivity contribution in [2.75, 3.05) is 39.3 Å². The van der Waals surface area contributed by atoms with Crippen molar-refractivity contribution in [3.05, 3.63) is 75.0 Å². The summed E-state index contributed by atoms with van der Waals surface area (Å²) in [5, 5.41) is 0.565. The molecule has 5 nitrogen and oxygen atoms in total. The van der Waals surface area contributed by atoms with Gasteiger partial charge in [-0.3, -0.25) is 14.7 Å². The summed E-state index contributed by atoms with van der Waals surface area (Å²) in [6.45, 7) is 3.72. The average Bonchev–Trinajstić information content (AvgIpc) is 3.34. The van der Waals surface area contributed by atoms with Gasteiger partial charge in [0, 0.05) is 38.0 Å². The first-order valence-corrected chi connectivity index (χ1v) is 11.4. The van der Waals surface area contributed by atoms with Crippen LogP contribution in [0.4, 0.5) is 4.39 Å². The third kappa shape index (κ3) is 4.08. The molecule has 1 amide bonds. The number of hydrogen-bond donors (Lipinski definition) is 0. The van der Waals surface area contributed by atoms with Gasteiger partial charge in [-0.2, -0.15) is 0 Å². The van der Waals surface area contributed by atoms with Gasteiger partial charge in [-0.05, 0) is 29.3 Å². The van der Waals surface area contributed by atoms with E-state index in [0.29, 0.717) is 43.4 Å². The lowest BCUT2D eigenvalue weighted by Crippen LogP contribution is -2.59. The molecular weight excluding hydrogens is 452 g/mol. The van der Waals surface area contributed by atoms with Crippen molar-refractivity contribution in [3.63, 3.8) is 0 Å². The minimum Gasteiger partial charge on any atom is -0.370 e. The number of benzene rings is 2. The van der Waals surface area contributed by atoms with Crippen molar-refractivity contribution in [1.82, 2.24) is 9.80 Å². The fraction of sp³-hybridized carbons (Fsp3) is 0.333. The lowest BCUT2D eigenvalue weighted by atomic mass is 10.0. The average molecular weight is 474 g/mol. The fourth-order valence-corrected chi connectivity index (χ4v) is 5.01. The van der Waals surface area contributed by atoms with Crippen LogP contribution >= 0.6 is 23.2 Å². The van der Waals surface area contributed by atoms with Crippen molar-refractivity contribution >= 4 is 40.9 Å². The molecular formula is C24H22Cl2FN3O2. The van der Waals surface area contributed by atoms with Crippen LogP contribution in [0.15, 0.2) is 47.5 Å². The van der Waals surface area contributed by atoms with Crippen molar-refractivity contribution in [2.45, 2.75) is 12.1 Å². The summed E-state index contributed by atoms with van der Waals surface area (Å²) in [7, 11) is 0. The summed E-state index contributed by atoms with van der Waals surface area (Å²) in [6.07, 6.45) is 3.62. The van der Waals surface area contributed by atoms with Gasteiger partial charge >= 0.3 is 0 Å². The van der Waals surface area contributed by atoms with Crippen LogP contribution in [0.2, 0.25) is 10.0 Å². The predicted molar refractivity (Wildman–Crippen MR) is 124 cm³/mol. The predicted octanol–water partition coefficient (Wildman–Crippen LogP) is 4.50. The van der Waals surface area contributed by atoms with Crippen molar-refractivity contribution in [3.8, 4) is 0 Å². The molecule has 5 rings (SSSR count). The molecule has 3 aliphatic heterocycles. The topological polar surface area (TPSA) is 45.1 Å². The number of carbonyl (C=O) groups is 1. The van der Waals surface area contributed by atoms with Crippen molar-refractivity contribution in [2.24, 2.45) is 4.99 Å². The third-order valence-corrected chi connectivity index (χ3v) is 6.98. The molecule has 0 bridgehead atoms. The lowest BCUT2D eigenvalue weighted by Gasteiger charge is -2.46. The van der Waals surface area contributed by atoms with Crippen molar-refractivity contribution < 1.29 is 13.9 Å². The molecule has 3 heterocycles. The fourth-order valence-electron chi connectivity index (χ4n) is 4.51. The van der Waals surface area contributed by atoms with Gasteiger partial charge in [0.2, 0.25) is 0 Å². The number of morpholine rings is 1. The maximum atomic E-state index is 13.5. The molecule has 166 valence electrons. The summed E-state index contributed by atoms with van der Waals surface area (Å²) in [4.78, 5) is 21.7. The Kier molecular flexibility index (Phi) is 6.03. The normalized spacial score (nSPS) is 23.2. The Balaban J connectivity index is 1.27. The van der Waals surface area contributed by atoms with Gasteiger partial charge in [0.15, 0.2) is 0 Å². The molecule has 2 aromatic rings. The Morgan fingerprint density at radius 2 is 2.03 bits per heavy atom. The molecule has 0 unspecified atom stereocenters. The number of fused-ring (bicyclic) bond motifs is 1. The third-order valence-electron chi connectivity index (χ3n) is 6.28. The van der Waals surface area contributed by atoms with Gasteiger partial charge < -0.3 is 9.64 Å². The molecule has 2 fully saturated rings. The van der Waals surface area contributed by atoms with E-state index in [2.05, 4.69) is 9.89 Å². The number of nitrogens with zero attached hydrogens (tertiary/aromatic N) is 3. The zero-order chi connectivity index (χ0) is 22.2. The van der Waals surface area contributed by atoms with Crippen LogP contribution < -0.4 is 0 Å². The molecule has 3 aliphatic rings. The summed E-state index contributed by atoms with van der Waals surface area (Å²) in [5.41, 5.74) is 3.15. The molecule has 2 atom stereocenters. The van der Waals surface area contributed by atoms with Gasteiger partial charge in [0.1, 0.15) is 5.82 Å². The molecule has 0 N–H and O–H groups in total. The zero-order valence-electron chi connectivity index (χ0n) is 17.3. The minimum atomic E-state index is -0.435. The van der Waals surface area contributed by atoms with Crippen LogP contribution in [0.25, 0.3) is 5.57 Å². The number of aliphatic imine (C=N–C) groups is 1. The van der Waals surface area contributed by atoms with E-state index < -0.39 is 5.82 Å². The van der Waals surface area contributed by atoms with Crippen LogP contribution in [-0.2, 0) is 4.74 Å². The first kappa shape index (κ1) is 21.6. The molecule has 0 aliphatic carbocycles. The molecule has 0 saturated carbocycles. The second-order valence-corrected chi connectivity index (χ2v) is 9.00. The monoisotopic (exact) mass is 473 g/mol. The van der Waals surface area contributed by atoms with Gasteiger partial charge in [-0.15, -0.1) is 0 Å². The SMILES string of the molecule is O=C(c1cccc(C2=CCN=C2)c1Cl)N1CCN2C[C@@H](c3ccc(F)c(Cl)c3)OC[C@@H]2C1. The maximum Gasteiger partial charge on any atom is 0.255 e. The van der Waals surface area contributed by atoms with E-state index in [9.17, 15) is 9.18 Å². The summed E-state index contributed by atoms with van der Waals surface area (Å²) in [6, 6.07) is 10.4. The van der Waals surface area contributed by atoms with E-state index in [-0.39, 0.29) is 23.1 Å². The van der Waals surface area contributed by atoms with Gasteiger partial charge in [-0.1, -0.05) is 47.5 Å². The number of piperazine rings is 1. The number of amides is 1. The molecule has 2 saturated heterocycles. The number of carbonyl (C=O) groups excluding carboxylic acids is 1. The standard InChI is InChI=1S/C24H22Cl2FN3O2/c25-20-10-15(4-5-21(20)27)22-13-29-8-9-30(12-17(29)14-32-22)24(31)19-3-1-2-18(23(19)26)16-6-7-28-11-16/h1-6,10-11,17,22H,7-9,12-14H2/t17-,22-/m0/s1. The number of rotatable bonds is 3. The quantitative estimate of drug-likeness (QED) is 0.659. The highest BCUT2D eigenvalue weighted by Crippen LogP contribution is 2.32. The smallest absolute Gasteiger partial charge is 0.255 e. The minimum absolute atomic E-state index is 0.0699. The molecule has 2 aromatic carbocycles. The van der Waals surface area contributed by atoms with E-state index in [1.165, 1.54) is 6.07 Å². The summed E-state index contributed by atoms with van der Waals surface area (Å²) in [5.74, 6) is -0.505. The number of allylic oxidation sites excluding steroid dienone is 1. The number of ether oxygens (including phenoxy) is 1. The highest BCUT2D eigenvalue weighted by molar-refractivity contribution is 6.37. The Morgan fingerprint density at radius 3 is 2.81 bits per heavy atom. The van der Waals surface area contributed by atoms with Crippen LogP contribution in [0.3, 0.4) is 0 Å². The molecule has 0 aromatic heterocycles. The summed E-state index contributed by atoms with van der Waals surface area (Å²) >= 11 is 12.6. The lowest BCUT2D eigenvalue weighted by molar-refractivity contribution is -0.0858. The van der Waals surface area contributed by atoms with Crippen LogP contribution in [0.1, 0.15) is 27.6 Å². The Bertz CT molecular complexity index is 1120. The Labute approximate surface area is 196 Å². The van der Waals surface area contributed by atoms with E-state index in [4.69, 9.17) is 27.9 Å². The van der Waals surface area contributed by atoms with E-state index in [1.54, 1.807) is 24.4 Å². The van der Waals surface area contributed by atoms with Gasteiger partial charge in [0.25, 0.3) is 5.91 Å². The zero-order valence-corrected chi connectivity index (χ0v) is 18.8. The largest absolute Gasteiger partial charge is 0.370 e. The van der Waals surface area contributed by atoms with E-state index in [1.807, 2.05) is 23.1 Å². The molecule has 8 heteroatoms. The molecule has 0 radical (unpaired) electrons. The Morgan fingerprint density at radius 1 is 1.16 bits per heavy atom. The van der Waals surface area contributed by atoms with E-state index in [0.717, 1.165) is 23.2 Å². The molecule has 32 heavy (non-hydrogen) atoms. The van der Waals surface area contributed by atoms with E-state index >= 15 is 0 Å². The summed E-state index contributed by atoms with van der Waals surface area (Å²) < 4.78 is 19.6. The second-order valence-electron chi connectivity index (χ2n) is 8.22. The first-order chi connectivity index (χ1) is 15.5. The number of hydrogen-bond acceptors (Lipinski definition) is 4.